The molecule has 0 aromatic carbocycles. The number of imidazole rings is 1. The first-order valence-corrected chi connectivity index (χ1v) is 9.23. The van der Waals surface area contributed by atoms with E-state index in [0.717, 1.165) is 35.7 Å². The minimum Gasteiger partial charge on any atom is -0.390 e. The highest BCUT2D eigenvalue weighted by molar-refractivity contribution is 6.29. The van der Waals surface area contributed by atoms with E-state index in [-0.39, 0.29) is 6.04 Å². The van der Waals surface area contributed by atoms with E-state index in [4.69, 9.17) is 16.6 Å². The maximum absolute atomic E-state index is 10.1. The summed E-state index contributed by atoms with van der Waals surface area (Å²) in [6.07, 6.45) is 7.98. The number of halogens is 1. The standard InChI is InChI=1S/C17H20ClN7O/c1-10-2-3-23(10)17-16-20-7-15(18)24(16)9-12(22-17)11-4-21-25(8-11)13-5-19-6-14(13)26/h4,7-10,13-14,19,26H,2-3,5-6H2,1H3/t10-,13+,14+/m0/s1. The summed E-state index contributed by atoms with van der Waals surface area (Å²) in [7, 11) is 0. The van der Waals surface area contributed by atoms with Crippen molar-refractivity contribution in [1.82, 2.24) is 29.5 Å². The lowest BCUT2D eigenvalue weighted by Crippen LogP contribution is -2.46. The first-order valence-electron chi connectivity index (χ1n) is 8.85. The van der Waals surface area contributed by atoms with Crippen LogP contribution in [0.15, 0.2) is 24.8 Å². The molecule has 2 fully saturated rings. The molecule has 2 N–H and O–H groups in total. The fourth-order valence-electron chi connectivity index (χ4n) is 3.68. The van der Waals surface area contributed by atoms with Gasteiger partial charge in [0.1, 0.15) is 5.15 Å². The van der Waals surface area contributed by atoms with E-state index in [2.05, 4.69) is 27.2 Å². The van der Waals surface area contributed by atoms with Gasteiger partial charge in [-0.2, -0.15) is 5.10 Å². The molecule has 9 heteroatoms. The van der Waals surface area contributed by atoms with Crippen molar-refractivity contribution >= 4 is 23.1 Å². The van der Waals surface area contributed by atoms with Gasteiger partial charge in [-0.05, 0) is 13.3 Å². The van der Waals surface area contributed by atoms with Crippen LogP contribution in [0.3, 0.4) is 0 Å². The number of hydrogen-bond donors (Lipinski definition) is 2. The zero-order chi connectivity index (χ0) is 17.8. The van der Waals surface area contributed by atoms with Crippen LogP contribution in [-0.4, -0.2) is 61.0 Å². The summed E-state index contributed by atoms with van der Waals surface area (Å²) >= 11 is 6.33. The van der Waals surface area contributed by atoms with E-state index in [1.165, 1.54) is 0 Å². The molecule has 5 heterocycles. The molecule has 3 aromatic heterocycles. The molecule has 0 radical (unpaired) electrons. The molecule has 5 rings (SSSR count). The molecule has 3 aromatic rings. The smallest absolute Gasteiger partial charge is 0.181 e. The van der Waals surface area contributed by atoms with Crippen LogP contribution in [0.4, 0.5) is 5.82 Å². The van der Waals surface area contributed by atoms with E-state index in [0.29, 0.717) is 24.3 Å². The monoisotopic (exact) mass is 373 g/mol. The lowest BCUT2D eigenvalue weighted by Gasteiger charge is -2.39. The molecule has 26 heavy (non-hydrogen) atoms. The summed E-state index contributed by atoms with van der Waals surface area (Å²) in [6.45, 7) is 4.45. The normalized spacial score (nSPS) is 25.8. The Labute approximate surface area is 155 Å². The molecule has 0 spiro atoms. The van der Waals surface area contributed by atoms with E-state index in [1.54, 1.807) is 12.4 Å². The first-order chi connectivity index (χ1) is 12.6. The average Bonchev–Trinajstić information content (AvgIpc) is 3.34. The quantitative estimate of drug-likeness (QED) is 0.721. The number of rotatable bonds is 3. The summed E-state index contributed by atoms with van der Waals surface area (Å²) in [5.74, 6) is 0.850. The highest BCUT2D eigenvalue weighted by Crippen LogP contribution is 2.32. The maximum atomic E-state index is 10.1. The first kappa shape index (κ1) is 16.0. The number of aliphatic hydroxyl groups is 1. The van der Waals surface area contributed by atoms with Crippen LogP contribution in [0.5, 0.6) is 0 Å². The summed E-state index contributed by atoms with van der Waals surface area (Å²) < 4.78 is 3.68. The van der Waals surface area contributed by atoms with E-state index < -0.39 is 6.10 Å². The van der Waals surface area contributed by atoms with Gasteiger partial charge in [0.25, 0.3) is 0 Å². The predicted molar refractivity (Wildman–Crippen MR) is 98.6 cm³/mol. The molecule has 0 saturated carbocycles. The molecule has 2 aliphatic heterocycles. The number of β-amino-alcohol motifs (C(OH)–C–C–N with tert-alkyl or cyclic N) is 1. The van der Waals surface area contributed by atoms with Crippen molar-refractivity contribution in [2.75, 3.05) is 24.5 Å². The molecule has 8 nitrogen and oxygen atoms in total. The molecule has 3 atom stereocenters. The van der Waals surface area contributed by atoms with Gasteiger partial charge >= 0.3 is 0 Å². The summed E-state index contributed by atoms with van der Waals surface area (Å²) in [6, 6.07) is 0.388. The maximum Gasteiger partial charge on any atom is 0.181 e. The van der Waals surface area contributed by atoms with Crippen LogP contribution in [0.2, 0.25) is 5.15 Å². The van der Waals surface area contributed by atoms with Crippen molar-refractivity contribution in [3.63, 3.8) is 0 Å². The molecule has 2 saturated heterocycles. The number of nitrogens with one attached hydrogen (secondary N) is 1. The van der Waals surface area contributed by atoms with Gasteiger partial charge in [0.15, 0.2) is 11.5 Å². The number of anilines is 1. The molecule has 0 bridgehead atoms. The minimum absolute atomic E-state index is 0.0563. The van der Waals surface area contributed by atoms with Crippen LogP contribution in [0.1, 0.15) is 19.4 Å². The molecular weight excluding hydrogens is 354 g/mol. The zero-order valence-electron chi connectivity index (χ0n) is 14.4. The van der Waals surface area contributed by atoms with Crippen molar-refractivity contribution in [2.24, 2.45) is 0 Å². The summed E-state index contributed by atoms with van der Waals surface area (Å²) in [5, 5.41) is 18.3. The predicted octanol–water partition coefficient (Wildman–Crippen LogP) is 1.35. The third-order valence-corrected chi connectivity index (χ3v) is 5.69. The highest BCUT2D eigenvalue weighted by Gasteiger charge is 2.29. The van der Waals surface area contributed by atoms with Gasteiger partial charge in [0.05, 0.1) is 30.2 Å². The zero-order valence-corrected chi connectivity index (χ0v) is 15.1. The molecule has 0 unspecified atom stereocenters. The van der Waals surface area contributed by atoms with Crippen LogP contribution in [-0.2, 0) is 0 Å². The van der Waals surface area contributed by atoms with Gasteiger partial charge in [0, 0.05) is 43.6 Å². The largest absolute Gasteiger partial charge is 0.390 e. The average molecular weight is 374 g/mol. The van der Waals surface area contributed by atoms with Gasteiger partial charge in [-0.25, -0.2) is 9.97 Å². The van der Waals surface area contributed by atoms with Crippen molar-refractivity contribution in [1.29, 1.82) is 0 Å². The third-order valence-electron chi connectivity index (χ3n) is 5.41. The van der Waals surface area contributed by atoms with Gasteiger partial charge in [-0.15, -0.1) is 0 Å². The Bertz CT molecular complexity index is 967. The van der Waals surface area contributed by atoms with Gasteiger partial charge in [-0.1, -0.05) is 11.6 Å². The molecule has 136 valence electrons. The Morgan fingerprint density at radius 2 is 2.15 bits per heavy atom. The second-order valence-electron chi connectivity index (χ2n) is 7.06. The summed E-state index contributed by atoms with van der Waals surface area (Å²) in [5.41, 5.74) is 2.46. The number of fused-ring (bicyclic) bond motifs is 1. The van der Waals surface area contributed by atoms with E-state index >= 15 is 0 Å². The number of aliphatic hydroxyl groups excluding tert-OH is 1. The molecule has 0 aliphatic carbocycles. The van der Waals surface area contributed by atoms with Gasteiger partial charge in [-0.3, -0.25) is 9.08 Å². The molecule has 0 amide bonds. The van der Waals surface area contributed by atoms with Crippen LogP contribution < -0.4 is 10.2 Å². The number of hydrogen-bond acceptors (Lipinski definition) is 6. The van der Waals surface area contributed by atoms with Gasteiger partial charge < -0.3 is 15.3 Å². The molecular formula is C17H20ClN7O. The van der Waals surface area contributed by atoms with Crippen molar-refractivity contribution < 1.29 is 5.11 Å². The van der Waals surface area contributed by atoms with Crippen LogP contribution in [0.25, 0.3) is 16.9 Å². The Morgan fingerprint density at radius 3 is 2.85 bits per heavy atom. The fourth-order valence-corrected chi connectivity index (χ4v) is 3.86. The van der Waals surface area contributed by atoms with Gasteiger partial charge in [0.2, 0.25) is 0 Å². The van der Waals surface area contributed by atoms with Crippen LogP contribution >= 0.6 is 11.6 Å². The van der Waals surface area contributed by atoms with Crippen molar-refractivity contribution in [3.05, 3.63) is 29.9 Å². The topological polar surface area (TPSA) is 83.5 Å². The SMILES string of the molecule is C[C@H]1CCN1c1nc(-c2cnn([C@@H]3CNC[C@H]3O)c2)cn2c(Cl)cnc12. The number of aromatic nitrogens is 5. The van der Waals surface area contributed by atoms with Crippen LogP contribution in [0, 0.1) is 0 Å². The lowest BCUT2D eigenvalue weighted by molar-refractivity contribution is 0.145. The third kappa shape index (κ3) is 2.40. The molecule has 2 aliphatic rings. The number of nitrogens with zero attached hydrogens (tertiary/aromatic N) is 6. The Hall–Kier alpha value is -2.16. The Balaban J connectivity index is 1.59. The van der Waals surface area contributed by atoms with Crippen molar-refractivity contribution in [3.8, 4) is 11.3 Å². The van der Waals surface area contributed by atoms with Crippen molar-refractivity contribution in [2.45, 2.75) is 31.5 Å². The Morgan fingerprint density at radius 1 is 1.27 bits per heavy atom. The minimum atomic E-state index is -0.432. The second-order valence-corrected chi connectivity index (χ2v) is 7.44. The highest BCUT2D eigenvalue weighted by atomic mass is 35.5. The lowest BCUT2D eigenvalue weighted by atomic mass is 10.1. The fraction of sp³-hybridized carbons (Fsp3) is 0.471. The summed E-state index contributed by atoms with van der Waals surface area (Å²) in [4.78, 5) is 11.5. The Kier molecular flexibility index (Phi) is 3.66. The second kappa shape index (κ2) is 5.94. The van der Waals surface area contributed by atoms with E-state index in [1.807, 2.05) is 21.5 Å². The van der Waals surface area contributed by atoms with E-state index in [9.17, 15) is 5.11 Å².